The Morgan fingerprint density at radius 1 is 1.53 bits per heavy atom. The van der Waals surface area contributed by atoms with Crippen LogP contribution < -0.4 is 5.32 Å². The van der Waals surface area contributed by atoms with Gasteiger partial charge in [0.25, 0.3) is 0 Å². The summed E-state index contributed by atoms with van der Waals surface area (Å²) in [5.74, 6) is 0.993. The van der Waals surface area contributed by atoms with Crippen LogP contribution in [0, 0.1) is 0 Å². The SMILES string of the molecule is CCCCNc1nccn1C1CCCC1OC. The molecule has 0 aliphatic heterocycles. The smallest absolute Gasteiger partial charge is 0.203 e. The molecule has 17 heavy (non-hydrogen) atoms. The van der Waals surface area contributed by atoms with Gasteiger partial charge in [0.2, 0.25) is 5.95 Å². The predicted octanol–water partition coefficient (Wildman–Crippen LogP) is 2.84. The number of unbranched alkanes of at least 4 members (excludes halogenated alkanes) is 1. The molecule has 2 unspecified atom stereocenters. The maximum atomic E-state index is 5.55. The Kier molecular flexibility index (Phi) is 4.42. The molecule has 4 heteroatoms. The van der Waals surface area contributed by atoms with Gasteiger partial charge in [-0.1, -0.05) is 13.3 Å². The van der Waals surface area contributed by atoms with E-state index in [0.717, 1.165) is 18.9 Å². The van der Waals surface area contributed by atoms with E-state index in [9.17, 15) is 0 Å². The number of ether oxygens (including phenoxy) is 1. The largest absolute Gasteiger partial charge is 0.379 e. The first-order valence-electron chi connectivity index (χ1n) is 6.66. The van der Waals surface area contributed by atoms with E-state index in [-0.39, 0.29) is 0 Å². The lowest BCUT2D eigenvalue weighted by Gasteiger charge is -2.21. The molecule has 0 spiro atoms. The molecular weight excluding hydrogens is 214 g/mol. The Morgan fingerprint density at radius 3 is 3.18 bits per heavy atom. The Balaban J connectivity index is 2.02. The fourth-order valence-electron chi connectivity index (χ4n) is 2.59. The standard InChI is InChI=1S/C13H23N3O/c1-3-4-8-14-13-15-9-10-16(13)11-6-5-7-12(11)17-2/h9-12H,3-8H2,1-2H3,(H,14,15). The molecule has 1 fully saturated rings. The minimum Gasteiger partial charge on any atom is -0.379 e. The van der Waals surface area contributed by atoms with E-state index < -0.39 is 0 Å². The molecule has 0 radical (unpaired) electrons. The van der Waals surface area contributed by atoms with Gasteiger partial charge in [0.15, 0.2) is 0 Å². The van der Waals surface area contributed by atoms with Crippen LogP contribution in [0.15, 0.2) is 12.4 Å². The van der Waals surface area contributed by atoms with Crippen LogP contribution in [0.3, 0.4) is 0 Å². The molecule has 1 heterocycles. The molecule has 2 atom stereocenters. The van der Waals surface area contributed by atoms with Crippen molar-refractivity contribution in [3.63, 3.8) is 0 Å². The van der Waals surface area contributed by atoms with Gasteiger partial charge in [-0.15, -0.1) is 0 Å². The van der Waals surface area contributed by atoms with E-state index in [0.29, 0.717) is 12.1 Å². The first-order chi connectivity index (χ1) is 8.36. The van der Waals surface area contributed by atoms with Crippen molar-refractivity contribution < 1.29 is 4.74 Å². The van der Waals surface area contributed by atoms with Gasteiger partial charge in [-0.3, -0.25) is 0 Å². The Labute approximate surface area is 103 Å². The van der Waals surface area contributed by atoms with Crippen molar-refractivity contribution in [2.24, 2.45) is 0 Å². The van der Waals surface area contributed by atoms with E-state index in [2.05, 4.69) is 28.0 Å². The first-order valence-corrected chi connectivity index (χ1v) is 6.66. The summed E-state index contributed by atoms with van der Waals surface area (Å²) >= 11 is 0. The van der Waals surface area contributed by atoms with E-state index in [1.807, 2.05) is 13.3 Å². The lowest BCUT2D eigenvalue weighted by Crippen LogP contribution is -2.22. The normalized spacial score (nSPS) is 24.1. The molecule has 1 aromatic rings. The lowest BCUT2D eigenvalue weighted by molar-refractivity contribution is 0.0755. The lowest BCUT2D eigenvalue weighted by atomic mass is 10.2. The molecule has 0 amide bonds. The molecule has 1 N–H and O–H groups in total. The zero-order valence-corrected chi connectivity index (χ0v) is 10.9. The van der Waals surface area contributed by atoms with Crippen molar-refractivity contribution in [1.82, 2.24) is 9.55 Å². The van der Waals surface area contributed by atoms with Crippen LogP contribution in [0.4, 0.5) is 5.95 Å². The summed E-state index contributed by atoms with van der Waals surface area (Å²) in [4.78, 5) is 4.40. The highest BCUT2D eigenvalue weighted by Crippen LogP contribution is 2.33. The molecule has 2 rings (SSSR count). The maximum absolute atomic E-state index is 5.55. The summed E-state index contributed by atoms with van der Waals surface area (Å²) in [6.45, 7) is 3.20. The van der Waals surface area contributed by atoms with Crippen LogP contribution >= 0.6 is 0 Å². The second kappa shape index (κ2) is 6.05. The van der Waals surface area contributed by atoms with E-state index >= 15 is 0 Å². The summed E-state index contributed by atoms with van der Waals surface area (Å²) < 4.78 is 7.80. The molecule has 1 aliphatic rings. The van der Waals surface area contributed by atoms with Gasteiger partial charge >= 0.3 is 0 Å². The number of nitrogens with one attached hydrogen (secondary N) is 1. The number of methoxy groups -OCH3 is 1. The Bertz CT molecular complexity index is 337. The zero-order chi connectivity index (χ0) is 12.1. The molecule has 1 aromatic heterocycles. The predicted molar refractivity (Wildman–Crippen MR) is 69.3 cm³/mol. The molecule has 1 saturated carbocycles. The summed E-state index contributed by atoms with van der Waals surface area (Å²) in [6.07, 6.45) is 10.3. The van der Waals surface area contributed by atoms with Gasteiger partial charge in [0.05, 0.1) is 12.1 Å². The summed E-state index contributed by atoms with van der Waals surface area (Å²) in [6, 6.07) is 0.451. The quantitative estimate of drug-likeness (QED) is 0.773. The summed E-state index contributed by atoms with van der Waals surface area (Å²) in [5.41, 5.74) is 0. The van der Waals surface area contributed by atoms with Crippen molar-refractivity contribution >= 4 is 5.95 Å². The number of anilines is 1. The third-order valence-electron chi connectivity index (χ3n) is 3.56. The first kappa shape index (κ1) is 12.4. The monoisotopic (exact) mass is 237 g/mol. The van der Waals surface area contributed by atoms with Crippen LogP contribution in [0.5, 0.6) is 0 Å². The van der Waals surface area contributed by atoms with Crippen LogP contribution in [0.2, 0.25) is 0 Å². The third-order valence-corrected chi connectivity index (χ3v) is 3.56. The van der Waals surface area contributed by atoms with Crippen molar-refractivity contribution in [2.75, 3.05) is 19.0 Å². The highest BCUT2D eigenvalue weighted by Gasteiger charge is 2.29. The van der Waals surface area contributed by atoms with Gasteiger partial charge < -0.3 is 14.6 Å². The average molecular weight is 237 g/mol. The van der Waals surface area contributed by atoms with Gasteiger partial charge in [0.1, 0.15) is 0 Å². The molecule has 4 nitrogen and oxygen atoms in total. The molecule has 0 saturated heterocycles. The second-order valence-electron chi connectivity index (χ2n) is 4.71. The second-order valence-corrected chi connectivity index (χ2v) is 4.71. The number of aromatic nitrogens is 2. The Hall–Kier alpha value is -1.03. The Morgan fingerprint density at radius 2 is 2.41 bits per heavy atom. The molecule has 1 aliphatic carbocycles. The van der Waals surface area contributed by atoms with E-state index in [4.69, 9.17) is 4.74 Å². The molecule has 96 valence electrons. The number of imidazole rings is 1. The highest BCUT2D eigenvalue weighted by atomic mass is 16.5. The zero-order valence-electron chi connectivity index (χ0n) is 10.9. The van der Waals surface area contributed by atoms with Gasteiger partial charge in [-0.2, -0.15) is 0 Å². The van der Waals surface area contributed by atoms with E-state index in [1.165, 1.54) is 25.7 Å². The van der Waals surface area contributed by atoms with Crippen molar-refractivity contribution in [1.29, 1.82) is 0 Å². The minimum absolute atomic E-state index is 0.343. The van der Waals surface area contributed by atoms with Gasteiger partial charge in [-0.25, -0.2) is 4.98 Å². The third kappa shape index (κ3) is 2.80. The fourth-order valence-corrected chi connectivity index (χ4v) is 2.59. The molecule has 0 aromatic carbocycles. The van der Waals surface area contributed by atoms with Crippen LogP contribution in [-0.2, 0) is 4.74 Å². The highest BCUT2D eigenvalue weighted by molar-refractivity contribution is 5.27. The number of nitrogens with zero attached hydrogens (tertiary/aromatic N) is 2. The number of rotatable bonds is 6. The number of hydrogen-bond acceptors (Lipinski definition) is 3. The van der Waals surface area contributed by atoms with Crippen LogP contribution in [0.1, 0.15) is 45.1 Å². The van der Waals surface area contributed by atoms with Crippen molar-refractivity contribution in [3.8, 4) is 0 Å². The fraction of sp³-hybridized carbons (Fsp3) is 0.769. The van der Waals surface area contributed by atoms with Gasteiger partial charge in [0, 0.05) is 26.0 Å². The maximum Gasteiger partial charge on any atom is 0.203 e. The van der Waals surface area contributed by atoms with E-state index in [1.54, 1.807) is 0 Å². The van der Waals surface area contributed by atoms with Crippen molar-refractivity contribution in [3.05, 3.63) is 12.4 Å². The molecule has 0 bridgehead atoms. The average Bonchev–Trinajstić information content (AvgIpc) is 2.96. The molecular formula is C13H23N3O. The minimum atomic E-state index is 0.343. The topological polar surface area (TPSA) is 39.1 Å². The summed E-state index contributed by atoms with van der Waals surface area (Å²) in [7, 11) is 1.81. The van der Waals surface area contributed by atoms with Crippen molar-refractivity contribution in [2.45, 2.75) is 51.2 Å². The van der Waals surface area contributed by atoms with Crippen LogP contribution in [-0.4, -0.2) is 29.3 Å². The number of hydrogen-bond donors (Lipinski definition) is 1. The van der Waals surface area contributed by atoms with Crippen LogP contribution in [0.25, 0.3) is 0 Å². The van der Waals surface area contributed by atoms with Gasteiger partial charge in [-0.05, 0) is 25.7 Å². The summed E-state index contributed by atoms with van der Waals surface area (Å²) in [5, 5.41) is 3.41.